The third kappa shape index (κ3) is 2.58. The molecule has 3 heteroatoms. The fourth-order valence-corrected chi connectivity index (χ4v) is 2.38. The van der Waals surface area contributed by atoms with Crippen molar-refractivity contribution < 1.29 is 0 Å². The molecule has 102 valence electrons. The largest absolute Gasteiger partial charge is 0.346 e. The number of aromatic nitrogens is 2. The molecule has 0 spiro atoms. The predicted octanol–water partition coefficient (Wildman–Crippen LogP) is 3.26. The standard InChI is InChI=1S/C17H19N3/c1-19(2)11-12-20-10-8-14-6-7-15(13-17(14)20)16-5-3-4-9-18-16/h3-10,13H,11-12H2,1-2H3. The molecule has 1 aromatic carbocycles. The van der Waals surface area contributed by atoms with Gasteiger partial charge in [-0.15, -0.1) is 0 Å². The molecule has 2 aromatic heterocycles. The maximum absolute atomic E-state index is 4.43. The second-order valence-electron chi connectivity index (χ2n) is 5.30. The summed E-state index contributed by atoms with van der Waals surface area (Å²) in [6, 6.07) is 14.7. The van der Waals surface area contributed by atoms with E-state index < -0.39 is 0 Å². The average Bonchev–Trinajstić information content (AvgIpc) is 2.88. The van der Waals surface area contributed by atoms with Gasteiger partial charge >= 0.3 is 0 Å². The van der Waals surface area contributed by atoms with Crippen molar-refractivity contribution in [1.82, 2.24) is 14.5 Å². The topological polar surface area (TPSA) is 21.1 Å². The van der Waals surface area contributed by atoms with Gasteiger partial charge in [0.2, 0.25) is 0 Å². The van der Waals surface area contributed by atoms with Gasteiger partial charge in [-0.3, -0.25) is 4.98 Å². The van der Waals surface area contributed by atoms with Crippen molar-refractivity contribution >= 4 is 10.9 Å². The molecule has 0 atom stereocenters. The number of fused-ring (bicyclic) bond motifs is 1. The highest BCUT2D eigenvalue weighted by molar-refractivity contribution is 5.84. The summed E-state index contributed by atoms with van der Waals surface area (Å²) in [6.07, 6.45) is 4.00. The minimum absolute atomic E-state index is 1.00. The van der Waals surface area contributed by atoms with Crippen LogP contribution in [0.2, 0.25) is 0 Å². The number of hydrogen-bond acceptors (Lipinski definition) is 2. The molecule has 3 nitrogen and oxygen atoms in total. The number of benzene rings is 1. The lowest BCUT2D eigenvalue weighted by Gasteiger charge is -2.11. The first kappa shape index (κ1) is 12.9. The summed E-state index contributed by atoms with van der Waals surface area (Å²) in [4.78, 5) is 6.63. The predicted molar refractivity (Wildman–Crippen MR) is 83.7 cm³/mol. The maximum Gasteiger partial charge on any atom is 0.0702 e. The molecule has 0 saturated carbocycles. The highest BCUT2D eigenvalue weighted by atomic mass is 15.1. The molecule has 0 radical (unpaired) electrons. The second kappa shape index (κ2) is 5.47. The van der Waals surface area contributed by atoms with E-state index in [1.807, 2.05) is 24.4 Å². The zero-order valence-corrected chi connectivity index (χ0v) is 12.0. The Labute approximate surface area is 119 Å². The molecule has 0 saturated heterocycles. The third-order valence-corrected chi connectivity index (χ3v) is 3.52. The Kier molecular flexibility index (Phi) is 3.52. The van der Waals surface area contributed by atoms with Gasteiger partial charge in [0.1, 0.15) is 0 Å². The van der Waals surface area contributed by atoms with Gasteiger partial charge in [-0.2, -0.15) is 0 Å². The SMILES string of the molecule is CN(C)CCn1ccc2ccc(-c3ccccn3)cc21. The van der Waals surface area contributed by atoms with E-state index in [-0.39, 0.29) is 0 Å². The summed E-state index contributed by atoms with van der Waals surface area (Å²) in [5.74, 6) is 0. The van der Waals surface area contributed by atoms with Crippen molar-refractivity contribution in [3.05, 3.63) is 54.9 Å². The van der Waals surface area contributed by atoms with E-state index in [1.54, 1.807) is 0 Å². The zero-order chi connectivity index (χ0) is 13.9. The molecule has 0 aliphatic rings. The highest BCUT2D eigenvalue weighted by Gasteiger charge is 2.05. The molecule has 0 bridgehead atoms. The lowest BCUT2D eigenvalue weighted by molar-refractivity contribution is 0.387. The zero-order valence-electron chi connectivity index (χ0n) is 12.0. The van der Waals surface area contributed by atoms with Gasteiger partial charge in [0.15, 0.2) is 0 Å². The Morgan fingerprint density at radius 3 is 2.75 bits per heavy atom. The minimum atomic E-state index is 1.00. The second-order valence-corrected chi connectivity index (χ2v) is 5.30. The molecular weight excluding hydrogens is 246 g/mol. The van der Waals surface area contributed by atoms with Crippen LogP contribution in [0.3, 0.4) is 0 Å². The van der Waals surface area contributed by atoms with Crippen LogP contribution in [0.5, 0.6) is 0 Å². The molecule has 2 heterocycles. The smallest absolute Gasteiger partial charge is 0.0702 e. The number of likely N-dealkylation sites (N-methyl/N-ethyl adjacent to an activating group) is 1. The lowest BCUT2D eigenvalue weighted by Crippen LogP contribution is -2.17. The van der Waals surface area contributed by atoms with Crippen LogP contribution in [0.4, 0.5) is 0 Å². The molecule has 0 amide bonds. The van der Waals surface area contributed by atoms with E-state index in [0.29, 0.717) is 0 Å². The molecule has 0 N–H and O–H groups in total. The summed E-state index contributed by atoms with van der Waals surface area (Å²) < 4.78 is 2.31. The lowest BCUT2D eigenvalue weighted by atomic mass is 10.1. The van der Waals surface area contributed by atoms with Gasteiger partial charge in [0.25, 0.3) is 0 Å². The number of pyridine rings is 1. The molecule has 0 aliphatic heterocycles. The van der Waals surface area contributed by atoms with Gasteiger partial charge < -0.3 is 9.47 Å². The Bertz CT molecular complexity index is 699. The Morgan fingerprint density at radius 2 is 2.00 bits per heavy atom. The molecule has 20 heavy (non-hydrogen) atoms. The van der Waals surface area contributed by atoms with Gasteiger partial charge in [0.05, 0.1) is 5.69 Å². The van der Waals surface area contributed by atoms with Crippen LogP contribution in [0.25, 0.3) is 22.2 Å². The van der Waals surface area contributed by atoms with Crippen LogP contribution < -0.4 is 0 Å². The van der Waals surface area contributed by atoms with Crippen molar-refractivity contribution in [2.24, 2.45) is 0 Å². The molecule has 0 unspecified atom stereocenters. The van der Waals surface area contributed by atoms with E-state index in [2.05, 4.69) is 59.0 Å². The van der Waals surface area contributed by atoms with E-state index in [1.165, 1.54) is 16.5 Å². The van der Waals surface area contributed by atoms with Crippen LogP contribution >= 0.6 is 0 Å². The molecule has 3 aromatic rings. The molecule has 0 aliphatic carbocycles. The fraction of sp³-hybridized carbons (Fsp3) is 0.235. The summed E-state index contributed by atoms with van der Waals surface area (Å²) in [5.41, 5.74) is 3.47. The number of rotatable bonds is 4. The quantitative estimate of drug-likeness (QED) is 0.722. The molecule has 0 fully saturated rings. The molecule has 3 rings (SSSR count). The third-order valence-electron chi connectivity index (χ3n) is 3.52. The van der Waals surface area contributed by atoms with E-state index in [9.17, 15) is 0 Å². The van der Waals surface area contributed by atoms with Crippen molar-refractivity contribution in [2.45, 2.75) is 6.54 Å². The summed E-state index contributed by atoms with van der Waals surface area (Å²) in [5, 5.41) is 1.28. The first-order chi connectivity index (χ1) is 9.74. The summed E-state index contributed by atoms with van der Waals surface area (Å²) in [6.45, 7) is 2.04. The van der Waals surface area contributed by atoms with Crippen molar-refractivity contribution in [2.75, 3.05) is 20.6 Å². The van der Waals surface area contributed by atoms with Crippen molar-refractivity contribution in [3.63, 3.8) is 0 Å². The number of nitrogens with zero attached hydrogens (tertiary/aromatic N) is 3. The van der Waals surface area contributed by atoms with Crippen LogP contribution in [0, 0.1) is 0 Å². The number of hydrogen-bond donors (Lipinski definition) is 0. The van der Waals surface area contributed by atoms with Crippen LogP contribution in [0.15, 0.2) is 54.9 Å². The monoisotopic (exact) mass is 265 g/mol. The first-order valence-electron chi connectivity index (χ1n) is 6.89. The van der Waals surface area contributed by atoms with Crippen molar-refractivity contribution in [3.8, 4) is 11.3 Å². The Hall–Kier alpha value is -2.13. The Morgan fingerprint density at radius 1 is 1.10 bits per heavy atom. The first-order valence-corrected chi connectivity index (χ1v) is 6.89. The van der Waals surface area contributed by atoms with Crippen LogP contribution in [-0.2, 0) is 6.54 Å². The van der Waals surface area contributed by atoms with Crippen molar-refractivity contribution in [1.29, 1.82) is 0 Å². The maximum atomic E-state index is 4.43. The molecular formula is C17H19N3. The minimum Gasteiger partial charge on any atom is -0.346 e. The van der Waals surface area contributed by atoms with Gasteiger partial charge in [0, 0.05) is 36.6 Å². The van der Waals surface area contributed by atoms with E-state index >= 15 is 0 Å². The van der Waals surface area contributed by atoms with E-state index in [0.717, 1.165) is 18.8 Å². The van der Waals surface area contributed by atoms with Crippen LogP contribution in [0.1, 0.15) is 0 Å². The normalized spacial score (nSPS) is 11.3. The summed E-state index contributed by atoms with van der Waals surface area (Å²) in [7, 11) is 4.20. The van der Waals surface area contributed by atoms with Gasteiger partial charge in [-0.1, -0.05) is 18.2 Å². The average molecular weight is 265 g/mol. The fourth-order valence-electron chi connectivity index (χ4n) is 2.38. The Balaban J connectivity index is 1.99. The van der Waals surface area contributed by atoms with E-state index in [4.69, 9.17) is 0 Å². The van der Waals surface area contributed by atoms with Gasteiger partial charge in [-0.25, -0.2) is 0 Å². The van der Waals surface area contributed by atoms with Gasteiger partial charge in [-0.05, 0) is 43.7 Å². The summed E-state index contributed by atoms with van der Waals surface area (Å²) >= 11 is 0. The highest BCUT2D eigenvalue weighted by Crippen LogP contribution is 2.23. The van der Waals surface area contributed by atoms with Crippen LogP contribution in [-0.4, -0.2) is 35.1 Å².